The highest BCUT2D eigenvalue weighted by atomic mass is 15.0. The van der Waals surface area contributed by atoms with Gasteiger partial charge in [0.25, 0.3) is 0 Å². The van der Waals surface area contributed by atoms with Crippen LogP contribution in [0, 0.1) is 0 Å². The van der Waals surface area contributed by atoms with Crippen LogP contribution in [0.2, 0.25) is 0 Å². The van der Waals surface area contributed by atoms with E-state index in [-0.39, 0.29) is 0 Å². The average Bonchev–Trinajstić information content (AvgIpc) is 2.76. The summed E-state index contributed by atoms with van der Waals surface area (Å²) >= 11 is 0. The maximum Gasteiger partial charge on any atom is 0.0480 e. The van der Waals surface area contributed by atoms with E-state index in [9.17, 15) is 0 Å². The summed E-state index contributed by atoms with van der Waals surface area (Å²) in [6.07, 6.45) is 2.53. The first-order chi connectivity index (χ1) is 9.16. The molecule has 0 atom stereocenters. The molecule has 0 unspecified atom stereocenters. The Balaban J connectivity index is 2.03. The Morgan fingerprint density at radius 1 is 1.16 bits per heavy atom. The lowest BCUT2D eigenvalue weighted by molar-refractivity contribution is 0.447. The number of aromatic nitrogens is 1. The van der Waals surface area contributed by atoms with Crippen molar-refractivity contribution in [2.75, 3.05) is 13.1 Å². The van der Waals surface area contributed by atoms with Gasteiger partial charge in [0.1, 0.15) is 0 Å². The number of benzene rings is 1. The van der Waals surface area contributed by atoms with Crippen molar-refractivity contribution in [2.24, 2.45) is 7.05 Å². The highest BCUT2D eigenvalue weighted by molar-refractivity contribution is 5.82. The van der Waals surface area contributed by atoms with Crippen molar-refractivity contribution in [1.82, 2.24) is 9.88 Å². The van der Waals surface area contributed by atoms with Gasteiger partial charge >= 0.3 is 0 Å². The van der Waals surface area contributed by atoms with Crippen molar-refractivity contribution in [2.45, 2.75) is 38.5 Å². The summed E-state index contributed by atoms with van der Waals surface area (Å²) in [5, 5.41) is 4.86. The molecule has 1 saturated heterocycles. The van der Waals surface area contributed by atoms with Gasteiger partial charge in [0, 0.05) is 29.6 Å². The second-order valence-electron chi connectivity index (χ2n) is 6.13. The van der Waals surface area contributed by atoms with Crippen molar-refractivity contribution in [1.29, 1.82) is 0 Å². The Morgan fingerprint density at radius 3 is 2.58 bits per heavy atom. The van der Waals surface area contributed by atoms with Gasteiger partial charge in [0.05, 0.1) is 0 Å². The molecule has 0 saturated carbocycles. The van der Waals surface area contributed by atoms with E-state index in [4.69, 9.17) is 0 Å². The van der Waals surface area contributed by atoms with Crippen molar-refractivity contribution < 1.29 is 0 Å². The van der Waals surface area contributed by atoms with Crippen LogP contribution in [0.4, 0.5) is 0 Å². The molecular weight excluding hydrogens is 232 g/mol. The first-order valence-corrected chi connectivity index (χ1v) is 7.47. The minimum Gasteiger partial charge on any atom is -0.347 e. The molecule has 1 aromatic carbocycles. The summed E-state index contributed by atoms with van der Waals surface area (Å²) in [6.45, 7) is 6.84. The molecule has 1 aromatic heterocycles. The van der Waals surface area contributed by atoms with Crippen molar-refractivity contribution >= 4 is 10.9 Å². The van der Waals surface area contributed by atoms with E-state index < -0.39 is 0 Å². The lowest BCUT2D eigenvalue weighted by atomic mass is 9.94. The Morgan fingerprint density at radius 2 is 1.89 bits per heavy atom. The first-order valence-electron chi connectivity index (χ1n) is 7.47. The van der Waals surface area contributed by atoms with Gasteiger partial charge in [-0.1, -0.05) is 19.9 Å². The Kier molecular flexibility index (Phi) is 3.36. The minimum absolute atomic E-state index is 0.604. The van der Waals surface area contributed by atoms with Crippen LogP contribution in [0.5, 0.6) is 0 Å². The summed E-state index contributed by atoms with van der Waals surface area (Å²) < 4.78 is 2.40. The molecule has 2 heterocycles. The zero-order valence-corrected chi connectivity index (χ0v) is 12.2. The number of rotatable bonds is 2. The fourth-order valence-corrected chi connectivity index (χ4v) is 3.26. The van der Waals surface area contributed by atoms with Crippen LogP contribution in [0.3, 0.4) is 0 Å². The summed E-state index contributed by atoms with van der Waals surface area (Å²) in [7, 11) is 2.22. The lowest BCUT2D eigenvalue weighted by Gasteiger charge is -2.23. The normalized spacial score (nSPS) is 17.5. The third kappa shape index (κ3) is 2.30. The Hall–Kier alpha value is -1.28. The van der Waals surface area contributed by atoms with Crippen molar-refractivity contribution in [3.63, 3.8) is 0 Å². The number of hydrogen-bond acceptors (Lipinski definition) is 1. The molecule has 0 bridgehead atoms. The van der Waals surface area contributed by atoms with Crippen LogP contribution in [0.15, 0.2) is 24.3 Å². The zero-order chi connectivity index (χ0) is 13.4. The van der Waals surface area contributed by atoms with Crippen LogP contribution >= 0.6 is 0 Å². The van der Waals surface area contributed by atoms with E-state index in [2.05, 4.69) is 55.0 Å². The number of piperidine rings is 1. The summed E-state index contributed by atoms with van der Waals surface area (Å²) in [4.78, 5) is 0. The van der Waals surface area contributed by atoms with Gasteiger partial charge in [-0.25, -0.2) is 0 Å². The molecule has 1 fully saturated rings. The maximum absolute atomic E-state index is 3.45. The third-order valence-corrected chi connectivity index (χ3v) is 4.53. The van der Waals surface area contributed by atoms with E-state index in [1.165, 1.54) is 35.0 Å². The standard InChI is InChI=1S/C17H24N2/c1-12(2)14-4-5-16-15(10-14)11-17(19(16)3)13-6-8-18-9-7-13/h4-5,10-13,18H,6-9H2,1-3H3. The highest BCUT2D eigenvalue weighted by Crippen LogP contribution is 2.31. The number of nitrogens with one attached hydrogen (secondary N) is 1. The van der Waals surface area contributed by atoms with Gasteiger partial charge in [-0.3, -0.25) is 0 Å². The van der Waals surface area contributed by atoms with Crippen LogP contribution in [0.1, 0.15) is 49.8 Å². The molecule has 3 rings (SSSR count). The van der Waals surface area contributed by atoms with E-state index >= 15 is 0 Å². The molecule has 19 heavy (non-hydrogen) atoms. The van der Waals surface area contributed by atoms with Crippen molar-refractivity contribution in [3.8, 4) is 0 Å². The predicted molar refractivity (Wildman–Crippen MR) is 81.9 cm³/mol. The van der Waals surface area contributed by atoms with Crippen LogP contribution < -0.4 is 5.32 Å². The quantitative estimate of drug-likeness (QED) is 0.865. The third-order valence-electron chi connectivity index (χ3n) is 4.53. The zero-order valence-electron chi connectivity index (χ0n) is 12.2. The van der Waals surface area contributed by atoms with Gasteiger partial charge in [0.2, 0.25) is 0 Å². The molecule has 2 aromatic rings. The molecule has 0 amide bonds. The molecule has 0 radical (unpaired) electrons. The molecule has 2 nitrogen and oxygen atoms in total. The predicted octanol–water partition coefficient (Wildman–Crippen LogP) is 3.77. The van der Waals surface area contributed by atoms with Gasteiger partial charge < -0.3 is 9.88 Å². The van der Waals surface area contributed by atoms with Gasteiger partial charge in [-0.2, -0.15) is 0 Å². The second-order valence-corrected chi connectivity index (χ2v) is 6.13. The highest BCUT2D eigenvalue weighted by Gasteiger charge is 2.19. The number of aryl methyl sites for hydroxylation is 1. The number of hydrogen-bond donors (Lipinski definition) is 1. The smallest absolute Gasteiger partial charge is 0.0480 e. The maximum atomic E-state index is 3.45. The summed E-state index contributed by atoms with van der Waals surface area (Å²) in [5.74, 6) is 1.33. The van der Waals surface area contributed by atoms with E-state index in [1.54, 1.807) is 0 Å². The van der Waals surface area contributed by atoms with Crippen LogP contribution in [-0.2, 0) is 7.05 Å². The van der Waals surface area contributed by atoms with Crippen molar-refractivity contribution in [3.05, 3.63) is 35.5 Å². The van der Waals surface area contributed by atoms with Gasteiger partial charge in [0.15, 0.2) is 0 Å². The monoisotopic (exact) mass is 256 g/mol. The Bertz CT molecular complexity index is 574. The molecule has 102 valence electrons. The number of fused-ring (bicyclic) bond motifs is 1. The minimum atomic E-state index is 0.604. The van der Waals surface area contributed by atoms with E-state index in [0.29, 0.717) is 5.92 Å². The average molecular weight is 256 g/mol. The van der Waals surface area contributed by atoms with Gasteiger partial charge in [-0.15, -0.1) is 0 Å². The largest absolute Gasteiger partial charge is 0.347 e. The molecule has 2 heteroatoms. The lowest BCUT2D eigenvalue weighted by Crippen LogP contribution is -2.27. The van der Waals surface area contributed by atoms with Gasteiger partial charge in [-0.05, 0) is 55.6 Å². The second kappa shape index (κ2) is 5.01. The summed E-state index contributed by atoms with van der Waals surface area (Å²) in [6, 6.07) is 9.34. The summed E-state index contributed by atoms with van der Waals surface area (Å²) in [5.41, 5.74) is 4.32. The molecule has 1 N–H and O–H groups in total. The molecule has 1 aliphatic heterocycles. The topological polar surface area (TPSA) is 17.0 Å². The van der Waals surface area contributed by atoms with E-state index in [0.717, 1.165) is 19.0 Å². The molecule has 0 spiro atoms. The molecular formula is C17H24N2. The molecule has 1 aliphatic rings. The van der Waals surface area contributed by atoms with Crippen LogP contribution in [0.25, 0.3) is 10.9 Å². The number of nitrogens with zero attached hydrogens (tertiary/aromatic N) is 1. The molecule has 0 aliphatic carbocycles. The Labute approximate surface area is 115 Å². The fraction of sp³-hybridized carbons (Fsp3) is 0.529. The SMILES string of the molecule is CC(C)c1ccc2c(c1)cc(C1CCNCC1)n2C. The van der Waals surface area contributed by atoms with E-state index in [1.807, 2.05) is 0 Å². The fourth-order valence-electron chi connectivity index (χ4n) is 3.26. The van der Waals surface area contributed by atoms with Crippen LogP contribution in [-0.4, -0.2) is 17.7 Å². The first kappa shape index (κ1) is 12.7.